The Morgan fingerprint density at radius 2 is 1.68 bits per heavy atom. The van der Waals surface area contributed by atoms with Gasteiger partial charge in [-0.1, -0.05) is 59.7 Å². The zero-order chi connectivity index (χ0) is 17.4. The summed E-state index contributed by atoms with van der Waals surface area (Å²) in [5, 5.41) is 5.44. The number of halogens is 2. The third kappa shape index (κ3) is 5.32. The van der Waals surface area contributed by atoms with E-state index in [0.717, 1.165) is 19.4 Å². The fraction of sp³-hybridized carbons (Fsp3) is 0.261. The maximum atomic E-state index is 6.08. The molecule has 0 N–H and O–H groups in total. The minimum absolute atomic E-state index is 0. The van der Waals surface area contributed by atoms with Crippen molar-refractivity contribution in [1.82, 2.24) is 0 Å². The van der Waals surface area contributed by atoms with Gasteiger partial charge < -0.3 is 29.2 Å². The standard InChI is InChI=1S/C23H25OSi.2ClH.Zr/c1-25(2,3)24-15-14-17-9-6-11-19(17)21-12-7-13-22-20-10-5-4-8-18(20)16-23(21)22;;;/h4-10,12-13,16H,11,14-15H2,1-3H3;2*1H;/q-1;;;+3/p-2. The molecular formula is C23H25Cl2OSiZr. The zero-order valence-electron chi connectivity index (χ0n) is 16.6. The van der Waals surface area contributed by atoms with Gasteiger partial charge in [0.15, 0.2) is 8.32 Å². The molecule has 1 nitrogen and oxygen atoms in total. The van der Waals surface area contributed by atoms with Crippen LogP contribution in [0.1, 0.15) is 18.4 Å². The van der Waals surface area contributed by atoms with Gasteiger partial charge in [0.05, 0.1) is 0 Å². The summed E-state index contributed by atoms with van der Waals surface area (Å²) in [4.78, 5) is 0. The monoisotopic (exact) mass is 505 g/mol. The molecule has 1 radical (unpaired) electrons. The Labute approximate surface area is 200 Å². The van der Waals surface area contributed by atoms with Crippen LogP contribution in [0, 0.1) is 0 Å². The number of benzene rings is 2. The second kappa shape index (κ2) is 10.5. The van der Waals surface area contributed by atoms with Crippen LogP contribution in [0.15, 0.2) is 66.3 Å². The Balaban J connectivity index is 0.00000131. The molecule has 1 aliphatic carbocycles. The van der Waals surface area contributed by atoms with Gasteiger partial charge in [0.2, 0.25) is 0 Å². The van der Waals surface area contributed by atoms with Crippen molar-refractivity contribution in [3.8, 4) is 0 Å². The zero-order valence-corrected chi connectivity index (χ0v) is 21.5. The fourth-order valence-corrected chi connectivity index (χ4v) is 4.49. The van der Waals surface area contributed by atoms with Crippen LogP contribution < -0.4 is 24.8 Å². The van der Waals surface area contributed by atoms with E-state index in [1.807, 2.05) is 0 Å². The average Bonchev–Trinajstić information content (AvgIpc) is 3.17. The number of hydrogen-bond acceptors (Lipinski definition) is 1. The van der Waals surface area contributed by atoms with Crippen LogP contribution in [0.4, 0.5) is 0 Å². The molecular weight excluding hydrogens is 482 g/mol. The summed E-state index contributed by atoms with van der Waals surface area (Å²) in [6.07, 6.45) is 6.63. The predicted octanol–water partition coefficient (Wildman–Crippen LogP) is 0.673. The molecule has 3 aromatic carbocycles. The quantitative estimate of drug-likeness (QED) is 0.365. The molecule has 1 aliphatic rings. The number of rotatable bonds is 5. The molecule has 0 spiro atoms. The Morgan fingerprint density at radius 1 is 0.964 bits per heavy atom. The van der Waals surface area contributed by atoms with Gasteiger partial charge in [-0.05, 0) is 38.1 Å². The van der Waals surface area contributed by atoms with Crippen LogP contribution in [0.3, 0.4) is 0 Å². The molecule has 0 heterocycles. The summed E-state index contributed by atoms with van der Waals surface area (Å²) in [6.45, 7) is 7.59. The first-order valence-electron chi connectivity index (χ1n) is 9.13. The van der Waals surface area contributed by atoms with Crippen LogP contribution in [-0.2, 0) is 30.6 Å². The third-order valence-electron chi connectivity index (χ3n) is 4.92. The Kier molecular flexibility index (Phi) is 9.51. The van der Waals surface area contributed by atoms with Crippen molar-refractivity contribution in [1.29, 1.82) is 0 Å². The smallest absolute Gasteiger partial charge is 1.00 e. The predicted molar refractivity (Wildman–Crippen MR) is 112 cm³/mol. The molecule has 5 heteroatoms. The Morgan fingerprint density at radius 3 is 2.43 bits per heavy atom. The van der Waals surface area contributed by atoms with Gasteiger partial charge in [-0.15, -0.1) is 33.7 Å². The van der Waals surface area contributed by atoms with Crippen LogP contribution in [-0.4, -0.2) is 14.9 Å². The third-order valence-corrected chi connectivity index (χ3v) is 5.99. The number of allylic oxidation sites excluding steroid dienone is 3. The van der Waals surface area contributed by atoms with E-state index in [-0.39, 0.29) is 51.0 Å². The first-order valence-corrected chi connectivity index (χ1v) is 12.5. The SMILES string of the molecule is C[Si](C)(C)OCCC1=C(c2cccc3c2[cH-]c2ccccc23)CC=C1.[Cl-].[Cl-].[Zr+3]. The van der Waals surface area contributed by atoms with E-state index in [1.54, 1.807) is 0 Å². The maximum absolute atomic E-state index is 6.08. The van der Waals surface area contributed by atoms with E-state index >= 15 is 0 Å². The van der Waals surface area contributed by atoms with E-state index in [0.29, 0.717) is 0 Å². The van der Waals surface area contributed by atoms with Crippen molar-refractivity contribution in [2.45, 2.75) is 32.5 Å². The second-order valence-electron chi connectivity index (χ2n) is 7.82. The molecule has 0 atom stereocenters. The first-order chi connectivity index (χ1) is 12.0. The summed E-state index contributed by atoms with van der Waals surface area (Å²) in [5.41, 5.74) is 4.30. The molecule has 0 aliphatic heterocycles. The van der Waals surface area contributed by atoms with Crippen LogP contribution in [0.25, 0.3) is 27.1 Å². The number of hydrogen-bond donors (Lipinski definition) is 0. The molecule has 0 unspecified atom stereocenters. The molecule has 0 bridgehead atoms. The maximum Gasteiger partial charge on any atom is 3.00 e. The Bertz CT molecular complexity index is 999. The van der Waals surface area contributed by atoms with Crippen molar-refractivity contribution in [2.24, 2.45) is 0 Å². The minimum Gasteiger partial charge on any atom is -1.00 e. The van der Waals surface area contributed by atoms with Crippen molar-refractivity contribution in [3.05, 3.63) is 71.8 Å². The molecule has 0 fully saturated rings. The van der Waals surface area contributed by atoms with E-state index in [9.17, 15) is 0 Å². The molecule has 145 valence electrons. The Hall–Kier alpha value is -0.570. The minimum atomic E-state index is -1.44. The van der Waals surface area contributed by atoms with Gasteiger partial charge in [0, 0.05) is 6.61 Å². The summed E-state index contributed by atoms with van der Waals surface area (Å²) in [5.74, 6) is 0. The van der Waals surface area contributed by atoms with Gasteiger partial charge in [-0.25, -0.2) is 0 Å². The van der Waals surface area contributed by atoms with Crippen molar-refractivity contribution in [2.75, 3.05) is 6.61 Å². The van der Waals surface area contributed by atoms with Crippen molar-refractivity contribution in [3.63, 3.8) is 0 Å². The van der Waals surface area contributed by atoms with E-state index in [1.165, 1.54) is 38.3 Å². The van der Waals surface area contributed by atoms with Crippen LogP contribution >= 0.6 is 0 Å². The topological polar surface area (TPSA) is 9.23 Å². The van der Waals surface area contributed by atoms with E-state index in [4.69, 9.17) is 4.43 Å². The molecule has 0 saturated heterocycles. The van der Waals surface area contributed by atoms with Gasteiger partial charge >= 0.3 is 26.2 Å². The molecule has 0 saturated carbocycles. The molecule has 28 heavy (non-hydrogen) atoms. The normalized spacial score (nSPS) is 13.4. The van der Waals surface area contributed by atoms with Gasteiger partial charge in [-0.2, -0.15) is 0 Å². The average molecular weight is 508 g/mol. The summed E-state index contributed by atoms with van der Waals surface area (Å²) >= 11 is 0. The second-order valence-corrected chi connectivity index (χ2v) is 12.3. The van der Waals surface area contributed by atoms with E-state index in [2.05, 4.69) is 80.3 Å². The van der Waals surface area contributed by atoms with Crippen LogP contribution in [0.2, 0.25) is 19.6 Å². The summed E-state index contributed by atoms with van der Waals surface area (Å²) in [7, 11) is -1.44. The summed E-state index contributed by atoms with van der Waals surface area (Å²) < 4.78 is 6.08. The van der Waals surface area contributed by atoms with Gasteiger partial charge in [-0.3, -0.25) is 0 Å². The van der Waals surface area contributed by atoms with Gasteiger partial charge in [0.1, 0.15) is 0 Å². The molecule has 3 aromatic rings. The molecule has 4 rings (SSSR count). The molecule has 0 amide bonds. The van der Waals surface area contributed by atoms with Gasteiger partial charge in [0.25, 0.3) is 0 Å². The van der Waals surface area contributed by atoms with E-state index < -0.39 is 8.32 Å². The van der Waals surface area contributed by atoms with Crippen LogP contribution in [0.5, 0.6) is 0 Å². The number of fused-ring (bicyclic) bond motifs is 3. The van der Waals surface area contributed by atoms with Crippen molar-refractivity contribution >= 4 is 35.4 Å². The summed E-state index contributed by atoms with van der Waals surface area (Å²) in [6, 6.07) is 17.8. The fourth-order valence-electron chi connectivity index (χ4n) is 3.78. The molecule has 0 aromatic heterocycles. The largest absolute Gasteiger partial charge is 3.00 e. The van der Waals surface area contributed by atoms with Crippen molar-refractivity contribution < 1.29 is 55.4 Å². The first kappa shape index (κ1) is 25.5.